The molecule has 2 aromatic carbocycles. The fourth-order valence-corrected chi connectivity index (χ4v) is 4.55. The van der Waals surface area contributed by atoms with Crippen LogP contribution >= 0.6 is 0 Å². The van der Waals surface area contributed by atoms with E-state index in [2.05, 4.69) is 45.5 Å². The summed E-state index contributed by atoms with van der Waals surface area (Å²) in [5.41, 5.74) is 6.97. The van der Waals surface area contributed by atoms with Gasteiger partial charge in [-0.1, -0.05) is 42.5 Å². The number of pyridine rings is 1. The van der Waals surface area contributed by atoms with E-state index in [1.807, 2.05) is 37.4 Å². The van der Waals surface area contributed by atoms with Crippen LogP contribution in [0.3, 0.4) is 0 Å². The van der Waals surface area contributed by atoms with Crippen LogP contribution in [0, 0.1) is 6.92 Å². The molecule has 0 spiro atoms. The second-order valence-corrected chi connectivity index (χ2v) is 8.87. The normalized spacial score (nSPS) is 13.3. The van der Waals surface area contributed by atoms with Gasteiger partial charge < -0.3 is 14.5 Å². The van der Waals surface area contributed by atoms with Gasteiger partial charge in [-0.3, -0.25) is 14.7 Å². The van der Waals surface area contributed by atoms with E-state index in [-0.39, 0.29) is 5.91 Å². The zero-order chi connectivity index (χ0) is 24.0. The minimum atomic E-state index is -0.209. The number of nitrogens with one attached hydrogen (secondary N) is 1. The van der Waals surface area contributed by atoms with Crippen LogP contribution in [-0.2, 0) is 32.7 Å². The van der Waals surface area contributed by atoms with Crippen molar-refractivity contribution in [2.45, 2.75) is 39.6 Å². The number of furan rings is 1. The maximum atomic E-state index is 12.3. The molecule has 4 aromatic rings. The van der Waals surface area contributed by atoms with E-state index in [0.717, 1.165) is 48.6 Å². The van der Waals surface area contributed by atoms with Crippen LogP contribution < -0.4 is 10.1 Å². The highest BCUT2D eigenvalue weighted by molar-refractivity contribution is 5.91. The van der Waals surface area contributed by atoms with Crippen molar-refractivity contribution in [2.24, 2.45) is 0 Å². The summed E-state index contributed by atoms with van der Waals surface area (Å²) in [7, 11) is 0. The number of hydrogen-bond acceptors (Lipinski definition) is 5. The first-order valence-corrected chi connectivity index (χ1v) is 11.9. The fourth-order valence-electron chi connectivity index (χ4n) is 4.55. The average Bonchev–Trinajstić information content (AvgIpc) is 3.43. The van der Waals surface area contributed by atoms with E-state index in [1.54, 1.807) is 12.1 Å². The largest absolute Gasteiger partial charge is 0.489 e. The van der Waals surface area contributed by atoms with Gasteiger partial charge in [-0.2, -0.15) is 0 Å². The molecule has 1 amide bonds. The van der Waals surface area contributed by atoms with E-state index in [9.17, 15) is 4.79 Å². The monoisotopic (exact) mass is 467 g/mol. The van der Waals surface area contributed by atoms with Crippen molar-refractivity contribution in [3.8, 4) is 5.75 Å². The van der Waals surface area contributed by atoms with Crippen molar-refractivity contribution in [3.05, 3.63) is 118 Å². The van der Waals surface area contributed by atoms with E-state index in [1.165, 1.54) is 23.0 Å². The van der Waals surface area contributed by atoms with Crippen molar-refractivity contribution in [2.75, 3.05) is 6.54 Å². The third-order valence-corrected chi connectivity index (χ3v) is 6.40. The molecule has 0 saturated heterocycles. The number of fused-ring (bicyclic) bond motifs is 1. The summed E-state index contributed by atoms with van der Waals surface area (Å²) in [4.78, 5) is 19.4. The molecule has 6 nitrogen and oxygen atoms in total. The van der Waals surface area contributed by atoms with E-state index >= 15 is 0 Å². The van der Waals surface area contributed by atoms with Crippen molar-refractivity contribution < 1.29 is 13.9 Å². The van der Waals surface area contributed by atoms with Crippen LogP contribution in [0.2, 0.25) is 0 Å². The minimum absolute atomic E-state index is 0.209. The zero-order valence-corrected chi connectivity index (χ0v) is 19.9. The van der Waals surface area contributed by atoms with Gasteiger partial charge in [0.1, 0.15) is 12.4 Å². The van der Waals surface area contributed by atoms with Gasteiger partial charge in [0.25, 0.3) is 5.91 Å². The van der Waals surface area contributed by atoms with Crippen LogP contribution in [0.4, 0.5) is 0 Å². The van der Waals surface area contributed by atoms with Crippen molar-refractivity contribution >= 4 is 5.91 Å². The fraction of sp³-hybridized carbons (Fsp3) is 0.241. The molecule has 1 aliphatic heterocycles. The lowest BCUT2D eigenvalue weighted by Crippen LogP contribution is -2.32. The SMILES string of the molecule is Cc1ncc2c(c1CNC(=O)c1ccco1)CCN(Cc1cccc(OCc3ccccc3)c1)C2. The van der Waals surface area contributed by atoms with Gasteiger partial charge in [0.15, 0.2) is 5.76 Å². The number of benzene rings is 2. The number of hydrogen-bond donors (Lipinski definition) is 1. The maximum absolute atomic E-state index is 12.3. The molecule has 0 aliphatic carbocycles. The van der Waals surface area contributed by atoms with Gasteiger partial charge >= 0.3 is 0 Å². The molecule has 2 aromatic heterocycles. The molecular weight excluding hydrogens is 438 g/mol. The topological polar surface area (TPSA) is 67.6 Å². The number of ether oxygens (including phenoxy) is 1. The summed E-state index contributed by atoms with van der Waals surface area (Å²) in [6.45, 7) is 5.64. The molecule has 1 N–H and O–H groups in total. The number of amides is 1. The highest BCUT2D eigenvalue weighted by Gasteiger charge is 2.21. The molecule has 0 unspecified atom stereocenters. The summed E-state index contributed by atoms with van der Waals surface area (Å²) in [5.74, 6) is 0.996. The van der Waals surface area contributed by atoms with E-state index in [4.69, 9.17) is 9.15 Å². The number of carbonyl (C=O) groups excluding carboxylic acids is 1. The lowest BCUT2D eigenvalue weighted by molar-refractivity contribution is 0.0923. The average molecular weight is 468 g/mol. The first-order chi connectivity index (χ1) is 17.2. The van der Waals surface area contributed by atoms with Crippen LogP contribution in [0.1, 0.15) is 44.1 Å². The molecule has 0 fully saturated rings. The first-order valence-electron chi connectivity index (χ1n) is 11.9. The predicted molar refractivity (Wildman–Crippen MR) is 134 cm³/mol. The molecule has 178 valence electrons. The Bertz CT molecular complexity index is 1290. The van der Waals surface area contributed by atoms with Crippen molar-refractivity contribution in [1.29, 1.82) is 0 Å². The Labute approximate surface area is 205 Å². The van der Waals surface area contributed by atoms with E-state index in [0.29, 0.717) is 18.9 Å². The summed E-state index contributed by atoms with van der Waals surface area (Å²) >= 11 is 0. The quantitative estimate of drug-likeness (QED) is 0.393. The van der Waals surface area contributed by atoms with Crippen LogP contribution in [0.5, 0.6) is 5.75 Å². The minimum Gasteiger partial charge on any atom is -0.489 e. The standard InChI is InChI=1S/C29H29N3O3/c1-21-27(17-31-29(33)28-11-6-14-34-28)26-12-13-32(19-24(26)16-30-21)18-23-9-5-10-25(15-23)35-20-22-7-3-2-4-8-22/h2-11,14-16H,12-13,17-20H2,1H3,(H,31,33). The Hall–Kier alpha value is -3.90. The molecule has 5 rings (SSSR count). The van der Waals surface area contributed by atoms with E-state index < -0.39 is 0 Å². The summed E-state index contributed by atoms with van der Waals surface area (Å²) in [5, 5.41) is 2.97. The molecule has 35 heavy (non-hydrogen) atoms. The predicted octanol–water partition coefficient (Wildman–Crippen LogP) is 5.05. The number of nitrogens with zero attached hydrogens (tertiary/aromatic N) is 2. The molecular formula is C29H29N3O3. The molecule has 3 heterocycles. The number of aryl methyl sites for hydroxylation is 1. The Kier molecular flexibility index (Phi) is 6.91. The maximum Gasteiger partial charge on any atom is 0.287 e. The number of rotatable bonds is 8. The van der Waals surface area contributed by atoms with Crippen LogP contribution in [-0.4, -0.2) is 22.3 Å². The summed E-state index contributed by atoms with van der Waals surface area (Å²) < 4.78 is 11.2. The van der Waals surface area contributed by atoms with Gasteiger partial charge in [0.05, 0.1) is 6.26 Å². The van der Waals surface area contributed by atoms with Gasteiger partial charge in [-0.25, -0.2) is 0 Å². The third-order valence-electron chi connectivity index (χ3n) is 6.40. The zero-order valence-electron chi connectivity index (χ0n) is 19.9. The Morgan fingerprint density at radius 3 is 2.77 bits per heavy atom. The van der Waals surface area contributed by atoms with Crippen molar-refractivity contribution in [1.82, 2.24) is 15.2 Å². The number of aromatic nitrogens is 1. The number of carbonyl (C=O) groups is 1. The van der Waals surface area contributed by atoms with Crippen LogP contribution in [0.15, 0.2) is 83.6 Å². The van der Waals surface area contributed by atoms with Crippen LogP contribution in [0.25, 0.3) is 0 Å². The highest BCUT2D eigenvalue weighted by atomic mass is 16.5. The molecule has 0 atom stereocenters. The lowest BCUT2D eigenvalue weighted by atomic mass is 9.94. The molecule has 1 aliphatic rings. The smallest absolute Gasteiger partial charge is 0.287 e. The van der Waals surface area contributed by atoms with Gasteiger partial charge in [-0.15, -0.1) is 0 Å². The summed E-state index contributed by atoms with van der Waals surface area (Å²) in [6.07, 6.45) is 4.41. The lowest BCUT2D eigenvalue weighted by Gasteiger charge is -2.30. The van der Waals surface area contributed by atoms with Gasteiger partial charge in [-0.05, 0) is 65.4 Å². The second kappa shape index (κ2) is 10.6. The molecule has 0 saturated carbocycles. The Balaban J connectivity index is 1.22. The third kappa shape index (κ3) is 5.61. The van der Waals surface area contributed by atoms with Gasteiger partial charge in [0, 0.05) is 38.1 Å². The van der Waals surface area contributed by atoms with Crippen molar-refractivity contribution in [3.63, 3.8) is 0 Å². The highest BCUT2D eigenvalue weighted by Crippen LogP contribution is 2.26. The molecule has 6 heteroatoms. The van der Waals surface area contributed by atoms with Gasteiger partial charge in [0.2, 0.25) is 0 Å². The second-order valence-electron chi connectivity index (χ2n) is 8.87. The first kappa shape index (κ1) is 22.9. The molecule has 0 bridgehead atoms. The Morgan fingerprint density at radius 1 is 1.09 bits per heavy atom. The Morgan fingerprint density at radius 2 is 1.94 bits per heavy atom. The summed E-state index contributed by atoms with van der Waals surface area (Å²) in [6, 6.07) is 21.9. The molecule has 0 radical (unpaired) electrons.